The van der Waals surface area contributed by atoms with E-state index in [1.807, 2.05) is 13.8 Å². The summed E-state index contributed by atoms with van der Waals surface area (Å²) in [4.78, 5) is 15.8. The van der Waals surface area contributed by atoms with Crippen molar-refractivity contribution in [3.8, 4) is 5.75 Å². The normalized spacial score (nSPS) is 19.3. The number of ether oxygens (including phenoxy) is 1. The van der Waals surface area contributed by atoms with Crippen LogP contribution in [0.4, 0.5) is 5.82 Å². The van der Waals surface area contributed by atoms with Crippen molar-refractivity contribution >= 4 is 27.7 Å². The fourth-order valence-electron chi connectivity index (χ4n) is 1.62. The fraction of sp³-hybridized carbons (Fsp3) is 0.455. The van der Waals surface area contributed by atoms with Crippen LogP contribution in [-0.2, 0) is 4.79 Å². The molecule has 0 bridgehead atoms. The lowest BCUT2D eigenvalue weighted by molar-refractivity contribution is -0.124. The van der Waals surface area contributed by atoms with Gasteiger partial charge in [-0.3, -0.25) is 4.79 Å². The maximum absolute atomic E-state index is 11.8. The first-order valence-corrected chi connectivity index (χ1v) is 6.06. The van der Waals surface area contributed by atoms with E-state index >= 15 is 0 Å². The molecule has 0 fully saturated rings. The van der Waals surface area contributed by atoms with Crippen molar-refractivity contribution in [1.29, 1.82) is 0 Å². The molecular formula is C11H14BrN3O2. The molecule has 0 radical (unpaired) electrons. The van der Waals surface area contributed by atoms with Crippen LogP contribution in [0.2, 0.25) is 0 Å². The van der Waals surface area contributed by atoms with Gasteiger partial charge >= 0.3 is 0 Å². The van der Waals surface area contributed by atoms with E-state index in [1.165, 1.54) is 0 Å². The molecule has 1 amide bonds. The lowest BCUT2D eigenvalue weighted by Crippen LogP contribution is -2.45. The summed E-state index contributed by atoms with van der Waals surface area (Å²) >= 11 is 3.31. The number of nitrogens with one attached hydrogen (secondary N) is 1. The number of nitrogens with zero attached hydrogens (tertiary/aromatic N) is 1. The van der Waals surface area contributed by atoms with Gasteiger partial charge in [-0.1, -0.05) is 0 Å². The van der Waals surface area contributed by atoms with Crippen LogP contribution in [0.25, 0.3) is 0 Å². The van der Waals surface area contributed by atoms with Gasteiger partial charge in [-0.05, 0) is 35.8 Å². The van der Waals surface area contributed by atoms with E-state index in [0.717, 1.165) is 4.47 Å². The lowest BCUT2D eigenvalue weighted by atomic mass is 9.97. The summed E-state index contributed by atoms with van der Waals surface area (Å²) in [7, 11) is 0. The average molecular weight is 300 g/mol. The van der Waals surface area contributed by atoms with E-state index in [0.29, 0.717) is 18.0 Å². The van der Waals surface area contributed by atoms with Gasteiger partial charge in [0.05, 0.1) is 0 Å². The summed E-state index contributed by atoms with van der Waals surface area (Å²) in [6, 6.07) is 1.78. The maximum Gasteiger partial charge on any atom is 0.266 e. The number of rotatable bonds is 2. The van der Waals surface area contributed by atoms with E-state index in [1.54, 1.807) is 12.3 Å². The minimum absolute atomic E-state index is 0.203. The van der Waals surface area contributed by atoms with Crippen LogP contribution >= 0.6 is 15.9 Å². The number of hydrogen-bond acceptors (Lipinski definition) is 4. The van der Waals surface area contributed by atoms with Gasteiger partial charge in [0.25, 0.3) is 5.91 Å². The van der Waals surface area contributed by atoms with Crippen molar-refractivity contribution in [3.05, 3.63) is 16.7 Å². The zero-order chi connectivity index (χ0) is 12.6. The molecule has 0 aliphatic carbocycles. The maximum atomic E-state index is 11.8. The molecule has 1 aliphatic heterocycles. The van der Waals surface area contributed by atoms with E-state index in [4.69, 9.17) is 10.5 Å². The van der Waals surface area contributed by atoms with Crippen molar-refractivity contribution in [3.63, 3.8) is 0 Å². The van der Waals surface area contributed by atoms with Crippen LogP contribution in [0.1, 0.15) is 20.3 Å². The third kappa shape index (κ3) is 2.95. The monoisotopic (exact) mass is 299 g/mol. The molecule has 1 aromatic rings. The average Bonchev–Trinajstić information content (AvgIpc) is 2.17. The van der Waals surface area contributed by atoms with Gasteiger partial charge in [0.2, 0.25) is 0 Å². The van der Waals surface area contributed by atoms with Crippen molar-refractivity contribution in [2.24, 2.45) is 5.73 Å². The van der Waals surface area contributed by atoms with Gasteiger partial charge in [-0.25, -0.2) is 4.98 Å². The number of halogens is 1. The second kappa shape index (κ2) is 4.27. The Bertz CT molecular complexity index is 457. The Balaban J connectivity index is 2.22. The minimum Gasteiger partial charge on any atom is -0.477 e. The number of nitrogens with two attached hydrogens (primary N) is 1. The molecule has 5 nitrogen and oxygen atoms in total. The zero-order valence-electron chi connectivity index (χ0n) is 9.66. The number of amides is 1. The summed E-state index contributed by atoms with van der Waals surface area (Å²) in [6.45, 7) is 3.72. The van der Waals surface area contributed by atoms with E-state index in [-0.39, 0.29) is 5.91 Å². The first kappa shape index (κ1) is 12.3. The summed E-state index contributed by atoms with van der Waals surface area (Å²) in [5.41, 5.74) is 5.43. The lowest BCUT2D eigenvalue weighted by Gasteiger charge is -2.29. The van der Waals surface area contributed by atoms with Crippen molar-refractivity contribution in [2.45, 2.75) is 31.9 Å². The van der Waals surface area contributed by atoms with Crippen LogP contribution in [0.15, 0.2) is 16.7 Å². The van der Waals surface area contributed by atoms with Gasteiger partial charge in [-0.15, -0.1) is 0 Å². The second-order valence-corrected chi connectivity index (χ2v) is 5.70. The van der Waals surface area contributed by atoms with Gasteiger partial charge in [0, 0.05) is 22.6 Å². The summed E-state index contributed by atoms with van der Waals surface area (Å²) in [6.07, 6.45) is 1.49. The molecule has 0 saturated heterocycles. The Hall–Kier alpha value is -1.14. The topological polar surface area (TPSA) is 77.2 Å². The predicted octanol–water partition coefficient (Wildman–Crippen LogP) is 1.67. The van der Waals surface area contributed by atoms with Gasteiger partial charge in [0.1, 0.15) is 0 Å². The summed E-state index contributed by atoms with van der Waals surface area (Å²) in [5.74, 6) is 0.809. The molecule has 1 aliphatic rings. The zero-order valence-corrected chi connectivity index (χ0v) is 11.2. The highest BCUT2D eigenvalue weighted by Gasteiger charge is 2.32. The number of anilines is 1. The molecule has 17 heavy (non-hydrogen) atoms. The number of hydrogen-bond donors (Lipinski definition) is 2. The highest BCUT2D eigenvalue weighted by Crippen LogP contribution is 2.31. The highest BCUT2D eigenvalue weighted by molar-refractivity contribution is 9.10. The van der Waals surface area contributed by atoms with Crippen LogP contribution in [0, 0.1) is 0 Å². The molecule has 1 atom stereocenters. The Morgan fingerprint density at radius 2 is 2.35 bits per heavy atom. The minimum atomic E-state index is -0.571. The molecular weight excluding hydrogens is 286 g/mol. The summed E-state index contributed by atoms with van der Waals surface area (Å²) in [5, 5.41) is 2.71. The van der Waals surface area contributed by atoms with Gasteiger partial charge in [0.15, 0.2) is 17.7 Å². The second-order valence-electron chi connectivity index (χ2n) is 4.79. The first-order valence-electron chi connectivity index (χ1n) is 5.27. The number of carbonyl (C=O) groups is 1. The van der Waals surface area contributed by atoms with Gasteiger partial charge < -0.3 is 15.8 Å². The van der Waals surface area contributed by atoms with Crippen LogP contribution in [-0.4, -0.2) is 22.5 Å². The number of aromatic nitrogens is 1. The molecule has 0 spiro atoms. The molecule has 0 saturated carbocycles. The number of carbonyl (C=O) groups excluding carboxylic acids is 1. The van der Waals surface area contributed by atoms with E-state index < -0.39 is 11.6 Å². The quantitative estimate of drug-likeness (QED) is 0.871. The Kier molecular flexibility index (Phi) is 3.09. The molecule has 3 N–H and O–H groups in total. The van der Waals surface area contributed by atoms with E-state index in [9.17, 15) is 4.79 Å². The molecule has 6 heteroatoms. The van der Waals surface area contributed by atoms with Crippen molar-refractivity contribution in [1.82, 2.24) is 4.98 Å². The fourth-order valence-corrected chi connectivity index (χ4v) is 1.93. The third-order valence-corrected chi connectivity index (χ3v) is 2.77. The smallest absolute Gasteiger partial charge is 0.266 e. The molecule has 92 valence electrons. The molecule has 2 heterocycles. The molecule has 1 aromatic heterocycles. The molecule has 2 rings (SSSR count). The van der Waals surface area contributed by atoms with Crippen molar-refractivity contribution in [2.75, 3.05) is 5.32 Å². The Labute approximate surface area is 108 Å². The third-order valence-electron chi connectivity index (χ3n) is 2.33. The Morgan fingerprint density at radius 1 is 1.65 bits per heavy atom. The highest BCUT2D eigenvalue weighted by atomic mass is 79.9. The van der Waals surface area contributed by atoms with Crippen LogP contribution in [0.3, 0.4) is 0 Å². The Morgan fingerprint density at radius 3 is 3.00 bits per heavy atom. The molecule has 0 aromatic carbocycles. The van der Waals surface area contributed by atoms with Crippen molar-refractivity contribution < 1.29 is 9.53 Å². The number of fused-ring (bicyclic) bond motifs is 1. The van der Waals surface area contributed by atoms with Crippen LogP contribution in [0.5, 0.6) is 5.75 Å². The van der Waals surface area contributed by atoms with E-state index in [2.05, 4.69) is 26.2 Å². The first-order chi connectivity index (χ1) is 7.85. The molecule has 1 unspecified atom stereocenters. The predicted molar refractivity (Wildman–Crippen MR) is 67.9 cm³/mol. The van der Waals surface area contributed by atoms with Crippen LogP contribution < -0.4 is 15.8 Å². The van der Waals surface area contributed by atoms with Gasteiger partial charge in [-0.2, -0.15) is 0 Å². The SMILES string of the molecule is CC(C)(N)CC1Oc2cc(Br)cnc2NC1=O. The standard InChI is InChI=1S/C11H14BrN3O2/c1-11(2,13)4-8-10(16)15-9-7(17-8)3-6(12)5-14-9/h3,5,8H,4,13H2,1-2H3,(H,14,15,16). The summed E-state index contributed by atoms with van der Waals surface area (Å²) < 4.78 is 6.42. The number of pyridine rings is 1. The largest absolute Gasteiger partial charge is 0.477 e.